The van der Waals surface area contributed by atoms with Crippen LogP contribution in [0.2, 0.25) is 5.02 Å². The van der Waals surface area contributed by atoms with Gasteiger partial charge in [0.25, 0.3) is 5.91 Å². The molecule has 0 aromatic heterocycles. The number of benzene rings is 4. The first-order valence-corrected chi connectivity index (χ1v) is 15.7. The Hall–Kier alpha value is -4.81. The number of carbonyl (C=O) groups excluding carboxylic acids is 2. The van der Waals surface area contributed by atoms with Crippen LogP contribution in [-0.2, 0) is 23.8 Å². The Balaban J connectivity index is 1.33. The van der Waals surface area contributed by atoms with E-state index in [1.54, 1.807) is 35.7 Å². The van der Waals surface area contributed by atoms with E-state index in [-0.39, 0.29) is 22.0 Å². The Morgan fingerprint density at radius 3 is 2.40 bits per heavy atom. The zero-order valence-corrected chi connectivity index (χ0v) is 26.5. The summed E-state index contributed by atoms with van der Waals surface area (Å²) >= 11 is 7.51. The number of aryl methyl sites for hydroxylation is 2. The number of rotatable bonds is 10. The minimum absolute atomic E-state index is 0.00376. The number of carbonyl (C=O) groups is 3. The monoisotopic (exact) mass is 680 g/mol. The van der Waals surface area contributed by atoms with Crippen LogP contribution < -0.4 is 15.6 Å². The van der Waals surface area contributed by atoms with Crippen LogP contribution in [0.25, 0.3) is 0 Å². The summed E-state index contributed by atoms with van der Waals surface area (Å²) in [6.07, 6.45) is -3.33. The molecule has 242 valence electrons. The number of carboxylic acids is 1. The number of hydrazone groups is 1. The highest BCUT2D eigenvalue weighted by Gasteiger charge is 2.35. The van der Waals surface area contributed by atoms with Crippen molar-refractivity contribution < 1.29 is 32.7 Å². The van der Waals surface area contributed by atoms with Gasteiger partial charge < -0.3 is 15.3 Å². The maximum atomic E-state index is 13.6. The number of alkyl halides is 3. The van der Waals surface area contributed by atoms with E-state index < -0.39 is 29.6 Å². The number of urea groups is 1. The molecule has 47 heavy (non-hydrogen) atoms. The lowest BCUT2D eigenvalue weighted by Crippen LogP contribution is -2.34. The molecule has 4 aromatic carbocycles. The predicted octanol–water partition coefficient (Wildman–Crippen LogP) is 7.82. The fraction of sp³-hybridized carbons (Fsp3) is 0.176. The molecule has 0 saturated heterocycles. The lowest BCUT2D eigenvalue weighted by Gasteiger charge is -2.17. The molecule has 5 rings (SSSR count). The fourth-order valence-corrected chi connectivity index (χ4v) is 6.22. The van der Waals surface area contributed by atoms with E-state index in [2.05, 4.69) is 15.8 Å². The molecule has 3 N–H and O–H groups in total. The molecule has 0 saturated carbocycles. The van der Waals surface area contributed by atoms with Crippen LogP contribution in [0.15, 0.2) is 94.9 Å². The lowest BCUT2D eigenvalue weighted by molar-refractivity contribution is -0.137. The second kappa shape index (κ2) is 14.3. The van der Waals surface area contributed by atoms with Crippen LogP contribution in [0, 0.1) is 6.92 Å². The molecule has 8 nitrogen and oxygen atoms in total. The molecule has 0 radical (unpaired) electrons. The van der Waals surface area contributed by atoms with E-state index in [4.69, 9.17) is 11.6 Å². The number of carboxylic acid groups (broad SMARTS) is 1. The normalized spacial score (nSPS) is 13.5. The number of amides is 3. The highest BCUT2D eigenvalue weighted by atomic mass is 35.5. The van der Waals surface area contributed by atoms with E-state index >= 15 is 0 Å². The number of nitrogens with zero attached hydrogens (tertiary/aromatic N) is 2. The summed E-state index contributed by atoms with van der Waals surface area (Å²) in [5.74, 6) is -0.709. The van der Waals surface area contributed by atoms with Crippen molar-refractivity contribution in [2.24, 2.45) is 5.10 Å². The Bertz CT molecular complexity index is 1870. The van der Waals surface area contributed by atoms with Crippen molar-refractivity contribution in [3.05, 3.63) is 123 Å². The van der Waals surface area contributed by atoms with Crippen molar-refractivity contribution in [3.8, 4) is 0 Å². The van der Waals surface area contributed by atoms with Crippen molar-refractivity contribution in [1.29, 1.82) is 0 Å². The summed E-state index contributed by atoms with van der Waals surface area (Å²) in [6, 6.07) is 22.1. The Morgan fingerprint density at radius 1 is 0.957 bits per heavy atom. The van der Waals surface area contributed by atoms with E-state index in [9.17, 15) is 32.7 Å². The number of fused-ring (bicyclic) bond motifs is 1. The molecular formula is C34H28ClF3N4O4S. The van der Waals surface area contributed by atoms with Crippen LogP contribution in [0.4, 0.5) is 29.3 Å². The number of aromatic carboxylic acids is 1. The first-order chi connectivity index (χ1) is 22.4. The van der Waals surface area contributed by atoms with Gasteiger partial charge in [-0.15, -0.1) is 11.8 Å². The molecular weight excluding hydrogens is 653 g/mol. The molecule has 0 fully saturated rings. The third kappa shape index (κ3) is 8.13. The van der Waals surface area contributed by atoms with E-state index in [1.807, 2.05) is 54.6 Å². The van der Waals surface area contributed by atoms with Crippen LogP contribution in [0.5, 0.6) is 0 Å². The number of nitrogens with one attached hydrogen (secondary N) is 2. The van der Waals surface area contributed by atoms with E-state index in [0.717, 1.165) is 28.2 Å². The Labute approximate surface area is 277 Å². The number of anilines is 2. The second-order valence-corrected chi connectivity index (χ2v) is 12.2. The highest BCUT2D eigenvalue weighted by molar-refractivity contribution is 7.99. The van der Waals surface area contributed by atoms with Crippen LogP contribution >= 0.6 is 23.4 Å². The van der Waals surface area contributed by atoms with E-state index in [1.165, 1.54) is 0 Å². The van der Waals surface area contributed by atoms with Gasteiger partial charge in [0.2, 0.25) is 0 Å². The van der Waals surface area contributed by atoms with Crippen LogP contribution in [-0.4, -0.2) is 41.0 Å². The van der Waals surface area contributed by atoms with Crippen LogP contribution in [0.3, 0.4) is 0 Å². The second-order valence-electron chi connectivity index (χ2n) is 10.6. The Kier molecular flexibility index (Phi) is 10.2. The minimum atomic E-state index is -4.59. The molecule has 0 aliphatic carbocycles. The SMILES string of the molecule is Cc1cc(CCSc2ccc3c(c2)/C(=N\NC(=O)Nc2ccc(C(F)(F)F)cc2Cl)C(=O)N3CCc2ccccc2)ccc1C(=O)O. The average molecular weight is 681 g/mol. The van der Waals surface area contributed by atoms with Gasteiger partial charge in [0.1, 0.15) is 0 Å². The molecule has 0 bridgehead atoms. The average Bonchev–Trinajstić information content (AvgIpc) is 3.29. The molecule has 0 spiro atoms. The summed E-state index contributed by atoms with van der Waals surface area (Å²) in [4.78, 5) is 40.0. The van der Waals surface area contributed by atoms with Gasteiger partial charge in [-0.2, -0.15) is 18.3 Å². The molecule has 3 amide bonds. The van der Waals surface area contributed by atoms with Gasteiger partial charge in [-0.3, -0.25) is 4.79 Å². The summed E-state index contributed by atoms with van der Waals surface area (Å²) < 4.78 is 39.0. The van der Waals surface area contributed by atoms with Gasteiger partial charge in [0.05, 0.1) is 27.5 Å². The smallest absolute Gasteiger partial charge is 0.416 e. The third-order valence-corrected chi connectivity index (χ3v) is 8.73. The first kappa shape index (κ1) is 33.6. The quantitative estimate of drug-likeness (QED) is 0.117. The standard InChI is InChI=1S/C34H28ClF3N4O4S/c1-20-17-22(7-10-25(20)32(44)45)14-16-47-24-9-12-29-26(19-24)30(31(43)42(29)15-13-21-5-3-2-4-6-21)40-41-33(46)39-28-11-8-23(18-27(28)35)34(36,37)38/h2-12,17-19H,13-16H2,1H3,(H,44,45)(H2,39,41,46)/b40-30+. The molecule has 4 aromatic rings. The number of hydrogen-bond acceptors (Lipinski definition) is 5. The molecule has 1 heterocycles. The maximum absolute atomic E-state index is 13.6. The van der Waals surface area contributed by atoms with E-state index in [0.29, 0.717) is 48.0 Å². The zero-order chi connectivity index (χ0) is 33.7. The molecule has 0 unspecified atom stereocenters. The highest BCUT2D eigenvalue weighted by Crippen LogP contribution is 2.35. The van der Waals surface area contributed by atoms with Gasteiger partial charge in [-0.1, -0.05) is 54.1 Å². The third-order valence-electron chi connectivity index (χ3n) is 7.42. The first-order valence-electron chi connectivity index (χ1n) is 14.4. The van der Waals surface area contributed by atoms with Crippen LogP contribution in [0.1, 0.15) is 38.2 Å². The number of thioether (sulfide) groups is 1. The fourth-order valence-electron chi connectivity index (χ4n) is 5.06. The molecule has 13 heteroatoms. The molecule has 0 atom stereocenters. The topological polar surface area (TPSA) is 111 Å². The lowest BCUT2D eigenvalue weighted by atomic mass is 10.0. The number of halogens is 4. The van der Waals surface area contributed by atoms with Gasteiger partial charge >= 0.3 is 18.2 Å². The summed E-state index contributed by atoms with van der Waals surface area (Å²) in [5, 5.41) is 15.4. The largest absolute Gasteiger partial charge is 0.478 e. The number of hydrogen-bond donors (Lipinski definition) is 3. The Morgan fingerprint density at radius 2 is 1.72 bits per heavy atom. The minimum Gasteiger partial charge on any atom is -0.478 e. The van der Waals surface area contributed by atoms with Gasteiger partial charge in [-0.25, -0.2) is 15.0 Å². The van der Waals surface area contributed by atoms with Crippen molar-refractivity contribution in [2.75, 3.05) is 22.5 Å². The summed E-state index contributed by atoms with van der Waals surface area (Å²) in [6.45, 7) is 2.12. The van der Waals surface area contributed by atoms with Gasteiger partial charge in [0, 0.05) is 22.8 Å². The van der Waals surface area contributed by atoms with Gasteiger partial charge in [-0.05, 0) is 78.9 Å². The van der Waals surface area contributed by atoms with Crippen molar-refractivity contribution in [2.45, 2.75) is 30.8 Å². The van der Waals surface area contributed by atoms with Crippen molar-refractivity contribution in [3.63, 3.8) is 0 Å². The zero-order valence-electron chi connectivity index (χ0n) is 24.9. The molecule has 1 aliphatic heterocycles. The summed E-state index contributed by atoms with van der Waals surface area (Å²) in [7, 11) is 0. The van der Waals surface area contributed by atoms with Gasteiger partial charge in [0.15, 0.2) is 5.71 Å². The maximum Gasteiger partial charge on any atom is 0.416 e. The van der Waals surface area contributed by atoms with Crippen molar-refractivity contribution >= 4 is 58.4 Å². The molecule has 1 aliphatic rings. The predicted molar refractivity (Wildman–Crippen MR) is 177 cm³/mol. The van der Waals surface area contributed by atoms with Crippen molar-refractivity contribution in [1.82, 2.24) is 5.43 Å². The summed E-state index contributed by atoms with van der Waals surface area (Å²) in [5.41, 5.74) is 5.38.